The molecular formula is C25H20N2O3. The van der Waals surface area contributed by atoms with Crippen LogP contribution >= 0.6 is 0 Å². The van der Waals surface area contributed by atoms with Crippen LogP contribution in [0.1, 0.15) is 51.5 Å². The summed E-state index contributed by atoms with van der Waals surface area (Å²) in [4.78, 5) is 15.2. The molecule has 0 saturated carbocycles. The van der Waals surface area contributed by atoms with Crippen LogP contribution < -0.4 is 9.64 Å². The van der Waals surface area contributed by atoms with Crippen LogP contribution in [0.3, 0.4) is 0 Å². The summed E-state index contributed by atoms with van der Waals surface area (Å²) in [5, 5.41) is 19.9. The van der Waals surface area contributed by atoms with Crippen LogP contribution in [0.25, 0.3) is 0 Å². The van der Waals surface area contributed by atoms with E-state index in [2.05, 4.69) is 13.0 Å². The van der Waals surface area contributed by atoms with E-state index in [9.17, 15) is 15.2 Å². The van der Waals surface area contributed by atoms with Gasteiger partial charge in [0.05, 0.1) is 24.4 Å². The molecule has 3 unspecified atom stereocenters. The number of hydrogen-bond acceptors (Lipinski definition) is 4. The fourth-order valence-corrected chi connectivity index (χ4v) is 5.11. The van der Waals surface area contributed by atoms with Crippen molar-refractivity contribution < 1.29 is 14.6 Å². The lowest BCUT2D eigenvalue weighted by Gasteiger charge is -2.43. The largest absolute Gasteiger partial charge is 0.504 e. The van der Waals surface area contributed by atoms with E-state index in [4.69, 9.17) is 4.74 Å². The molecule has 3 aromatic carbocycles. The number of carbonyl (C=O) groups is 1. The summed E-state index contributed by atoms with van der Waals surface area (Å²) in [5.74, 6) is 0.408. The van der Waals surface area contributed by atoms with Crippen molar-refractivity contribution in [1.29, 1.82) is 5.26 Å². The second-order valence-corrected chi connectivity index (χ2v) is 7.83. The van der Waals surface area contributed by atoms with E-state index < -0.39 is 0 Å². The molecule has 0 saturated heterocycles. The van der Waals surface area contributed by atoms with Gasteiger partial charge in [0.25, 0.3) is 5.91 Å². The normalized spacial score (nSPS) is 21.4. The van der Waals surface area contributed by atoms with Crippen LogP contribution in [-0.4, -0.2) is 18.1 Å². The third-order valence-corrected chi connectivity index (χ3v) is 6.36. The molecule has 0 fully saturated rings. The average molecular weight is 396 g/mol. The molecule has 0 bridgehead atoms. The zero-order valence-electron chi connectivity index (χ0n) is 16.7. The molecule has 2 heterocycles. The van der Waals surface area contributed by atoms with Gasteiger partial charge in [0, 0.05) is 11.5 Å². The van der Waals surface area contributed by atoms with Crippen LogP contribution in [0.5, 0.6) is 11.5 Å². The minimum atomic E-state index is -0.166. The number of carbonyl (C=O) groups excluding carboxylic acids is 1. The highest BCUT2D eigenvalue weighted by molar-refractivity contribution is 6.12. The summed E-state index contributed by atoms with van der Waals surface area (Å²) in [6, 6.07) is 20.8. The van der Waals surface area contributed by atoms with E-state index in [-0.39, 0.29) is 29.5 Å². The van der Waals surface area contributed by atoms with Gasteiger partial charge in [-0.25, -0.2) is 0 Å². The number of aromatic hydroxyl groups is 1. The molecule has 0 radical (unpaired) electrons. The Labute approximate surface area is 174 Å². The topological polar surface area (TPSA) is 73.6 Å². The monoisotopic (exact) mass is 396 g/mol. The molecule has 2 aliphatic heterocycles. The van der Waals surface area contributed by atoms with Gasteiger partial charge in [0.1, 0.15) is 6.07 Å². The molecule has 1 amide bonds. The maximum absolute atomic E-state index is 13.4. The number of methoxy groups -OCH3 is 1. The molecule has 0 aromatic heterocycles. The first-order chi connectivity index (χ1) is 14.6. The van der Waals surface area contributed by atoms with Gasteiger partial charge in [0.15, 0.2) is 11.5 Å². The number of rotatable bonds is 2. The van der Waals surface area contributed by atoms with Gasteiger partial charge >= 0.3 is 0 Å². The van der Waals surface area contributed by atoms with Crippen LogP contribution in [0.2, 0.25) is 0 Å². The minimum absolute atomic E-state index is 0.0493. The van der Waals surface area contributed by atoms with Crippen molar-refractivity contribution in [2.45, 2.75) is 18.9 Å². The van der Waals surface area contributed by atoms with E-state index in [1.54, 1.807) is 17.0 Å². The van der Waals surface area contributed by atoms with E-state index in [1.165, 1.54) is 7.11 Å². The van der Waals surface area contributed by atoms with Crippen LogP contribution in [-0.2, 0) is 0 Å². The fourth-order valence-electron chi connectivity index (χ4n) is 5.11. The van der Waals surface area contributed by atoms with Crippen molar-refractivity contribution in [2.75, 3.05) is 12.0 Å². The molecular weight excluding hydrogens is 376 g/mol. The number of fused-ring (bicyclic) bond motifs is 5. The molecule has 2 aliphatic rings. The number of ether oxygens (including phenoxy) is 1. The average Bonchev–Trinajstić information content (AvgIpc) is 3.07. The highest BCUT2D eigenvalue weighted by Gasteiger charge is 2.49. The van der Waals surface area contributed by atoms with Crippen molar-refractivity contribution in [3.63, 3.8) is 0 Å². The summed E-state index contributed by atoms with van der Waals surface area (Å²) in [5.41, 5.74) is 4.76. The zero-order chi connectivity index (χ0) is 21.0. The molecule has 1 N–H and O–H groups in total. The molecule has 3 atom stereocenters. The molecule has 0 aliphatic carbocycles. The quantitative estimate of drug-likeness (QED) is 0.678. The summed E-state index contributed by atoms with van der Waals surface area (Å²) >= 11 is 0. The third kappa shape index (κ3) is 2.37. The summed E-state index contributed by atoms with van der Waals surface area (Å²) in [6.45, 7) is 2.14. The van der Waals surface area contributed by atoms with Gasteiger partial charge in [-0.2, -0.15) is 5.26 Å². The van der Waals surface area contributed by atoms with Crippen LogP contribution in [0.15, 0.2) is 60.7 Å². The first-order valence-electron chi connectivity index (χ1n) is 9.89. The van der Waals surface area contributed by atoms with Gasteiger partial charge in [-0.1, -0.05) is 43.3 Å². The van der Waals surface area contributed by atoms with Gasteiger partial charge < -0.3 is 9.84 Å². The Hall–Kier alpha value is -3.78. The fraction of sp³-hybridized carbons (Fsp3) is 0.200. The molecule has 30 heavy (non-hydrogen) atoms. The van der Waals surface area contributed by atoms with Crippen molar-refractivity contribution >= 4 is 11.6 Å². The Morgan fingerprint density at radius 3 is 2.60 bits per heavy atom. The van der Waals surface area contributed by atoms with Gasteiger partial charge in [-0.15, -0.1) is 0 Å². The van der Waals surface area contributed by atoms with Gasteiger partial charge in [-0.05, 0) is 46.9 Å². The lowest BCUT2D eigenvalue weighted by atomic mass is 9.72. The van der Waals surface area contributed by atoms with Crippen molar-refractivity contribution in [2.24, 2.45) is 5.92 Å². The van der Waals surface area contributed by atoms with Gasteiger partial charge in [-0.3, -0.25) is 9.69 Å². The lowest BCUT2D eigenvalue weighted by molar-refractivity contribution is 0.0981. The smallest absolute Gasteiger partial charge is 0.259 e. The summed E-state index contributed by atoms with van der Waals surface area (Å²) in [7, 11) is 1.53. The number of nitriles is 1. The molecule has 148 valence electrons. The van der Waals surface area contributed by atoms with Crippen molar-refractivity contribution in [3.05, 3.63) is 88.5 Å². The second kappa shape index (κ2) is 6.64. The number of phenols is 1. The summed E-state index contributed by atoms with van der Waals surface area (Å²) < 4.78 is 5.34. The maximum Gasteiger partial charge on any atom is 0.259 e. The van der Waals surface area contributed by atoms with E-state index in [0.29, 0.717) is 22.6 Å². The predicted octanol–water partition coefficient (Wildman–Crippen LogP) is 4.76. The summed E-state index contributed by atoms with van der Waals surface area (Å²) in [6.07, 6.45) is 0. The first kappa shape index (κ1) is 18.3. The predicted molar refractivity (Wildman–Crippen MR) is 113 cm³/mol. The molecule has 5 rings (SSSR count). The van der Waals surface area contributed by atoms with E-state index in [1.807, 2.05) is 48.5 Å². The first-order valence-corrected chi connectivity index (χ1v) is 9.89. The number of benzene rings is 3. The van der Waals surface area contributed by atoms with Crippen molar-refractivity contribution in [3.8, 4) is 17.6 Å². The SMILES string of the molecule is COc1cc(C2c3cccc(C#N)c3N3C(=O)c4ccccc4C3C2C)ccc1O. The zero-order valence-corrected chi connectivity index (χ0v) is 16.7. The van der Waals surface area contributed by atoms with Gasteiger partial charge in [0.2, 0.25) is 0 Å². The Morgan fingerprint density at radius 2 is 1.83 bits per heavy atom. The highest BCUT2D eigenvalue weighted by atomic mass is 16.5. The van der Waals surface area contributed by atoms with E-state index >= 15 is 0 Å². The Morgan fingerprint density at radius 1 is 1.07 bits per heavy atom. The van der Waals surface area contributed by atoms with Crippen LogP contribution in [0.4, 0.5) is 5.69 Å². The van der Waals surface area contributed by atoms with E-state index in [0.717, 1.165) is 16.7 Å². The highest BCUT2D eigenvalue weighted by Crippen LogP contribution is 2.55. The minimum Gasteiger partial charge on any atom is -0.504 e. The Balaban J connectivity index is 1.79. The number of hydrogen-bond donors (Lipinski definition) is 1. The maximum atomic E-state index is 13.4. The Kier molecular flexibility index (Phi) is 4.04. The number of anilines is 1. The Bertz CT molecular complexity index is 1230. The third-order valence-electron chi connectivity index (χ3n) is 6.36. The number of nitrogens with zero attached hydrogens (tertiary/aromatic N) is 2. The molecule has 0 spiro atoms. The standard InChI is InChI=1S/C25H20N2O3/c1-14-22(15-10-11-20(28)21(12-15)30-2)19-9-5-6-16(13-26)24(19)27-23(14)17-7-3-4-8-18(17)25(27)29/h3-12,14,22-23,28H,1-2H3. The number of phenolic OH excluding ortho intramolecular Hbond substituents is 1. The molecule has 3 aromatic rings. The second-order valence-electron chi connectivity index (χ2n) is 7.83. The molecule has 5 nitrogen and oxygen atoms in total. The molecule has 5 heteroatoms. The number of amides is 1. The lowest BCUT2D eigenvalue weighted by Crippen LogP contribution is -2.39. The van der Waals surface area contributed by atoms with Crippen molar-refractivity contribution in [1.82, 2.24) is 0 Å². The van der Waals surface area contributed by atoms with Crippen LogP contribution in [0, 0.1) is 17.2 Å². The number of para-hydroxylation sites is 1.